The van der Waals surface area contributed by atoms with E-state index in [0.717, 1.165) is 12.8 Å². The Bertz CT molecular complexity index is 392. The average Bonchev–Trinajstić information content (AvgIpc) is 3.06. The van der Waals surface area contributed by atoms with Crippen molar-refractivity contribution in [1.29, 1.82) is 0 Å². The number of hydrogen-bond donors (Lipinski definition) is 1. The molecule has 1 amide bonds. The molecule has 0 bridgehead atoms. The van der Waals surface area contributed by atoms with E-state index in [1.165, 1.54) is 10.9 Å². The molecule has 1 aliphatic rings. The van der Waals surface area contributed by atoms with E-state index in [-0.39, 0.29) is 5.91 Å². The van der Waals surface area contributed by atoms with Crippen LogP contribution in [0, 0.1) is 0 Å². The lowest BCUT2D eigenvalue weighted by Gasteiger charge is -2.22. The molecule has 1 aromatic heterocycles. The van der Waals surface area contributed by atoms with Crippen LogP contribution in [0.3, 0.4) is 0 Å². The van der Waals surface area contributed by atoms with Crippen molar-refractivity contribution in [2.75, 3.05) is 26.0 Å². The van der Waals surface area contributed by atoms with Gasteiger partial charge in [0, 0.05) is 26.7 Å². The molecule has 6 nitrogen and oxygen atoms in total. The Morgan fingerprint density at radius 3 is 2.88 bits per heavy atom. The highest BCUT2D eigenvalue weighted by molar-refractivity contribution is 5.97. The highest BCUT2D eigenvalue weighted by Gasteiger charge is 2.34. The van der Waals surface area contributed by atoms with Crippen molar-refractivity contribution >= 4 is 11.6 Å². The number of aryl methyl sites for hydroxylation is 1. The van der Waals surface area contributed by atoms with Gasteiger partial charge in [-0.1, -0.05) is 0 Å². The van der Waals surface area contributed by atoms with Crippen molar-refractivity contribution in [3.8, 4) is 0 Å². The number of methoxy groups -OCH3 is 1. The minimum atomic E-state index is -0.0537. The van der Waals surface area contributed by atoms with Gasteiger partial charge in [-0.2, -0.15) is 5.10 Å². The molecule has 2 rings (SSSR count). The molecule has 0 saturated heterocycles. The van der Waals surface area contributed by atoms with Crippen LogP contribution in [0.5, 0.6) is 0 Å². The lowest BCUT2D eigenvalue weighted by Crippen LogP contribution is -2.37. The molecule has 2 N–H and O–H groups in total. The average molecular weight is 238 g/mol. The summed E-state index contributed by atoms with van der Waals surface area (Å²) in [6.45, 7) is 1.14. The zero-order valence-electron chi connectivity index (χ0n) is 10.2. The number of ether oxygens (including phenoxy) is 1. The first kappa shape index (κ1) is 11.9. The summed E-state index contributed by atoms with van der Waals surface area (Å²) in [5, 5.41) is 3.99. The Morgan fingerprint density at radius 1 is 1.71 bits per heavy atom. The van der Waals surface area contributed by atoms with Crippen LogP contribution in [0.4, 0.5) is 5.69 Å². The van der Waals surface area contributed by atoms with Crippen molar-refractivity contribution in [3.63, 3.8) is 0 Å². The number of nitrogens with zero attached hydrogens (tertiary/aromatic N) is 3. The van der Waals surface area contributed by atoms with E-state index < -0.39 is 0 Å². The number of nitrogens with two attached hydrogens (primary N) is 1. The standard InChI is InChI=1S/C11H18N4O2/c1-14-10(9(12)7-13-14)11(16)15(5-6-17-2)8-3-4-8/h7-8H,3-6,12H2,1-2H3. The predicted molar refractivity (Wildman–Crippen MR) is 63.6 cm³/mol. The molecule has 0 spiro atoms. The fraction of sp³-hybridized carbons (Fsp3) is 0.636. The molecule has 1 aliphatic carbocycles. The van der Waals surface area contributed by atoms with Crippen molar-refractivity contribution in [2.45, 2.75) is 18.9 Å². The quantitative estimate of drug-likeness (QED) is 0.798. The van der Waals surface area contributed by atoms with Gasteiger partial charge in [-0.05, 0) is 12.8 Å². The zero-order valence-corrected chi connectivity index (χ0v) is 10.2. The summed E-state index contributed by atoms with van der Waals surface area (Å²) in [6.07, 6.45) is 3.63. The summed E-state index contributed by atoms with van der Waals surface area (Å²) in [6, 6.07) is 0.340. The molecule has 1 fully saturated rings. The maximum absolute atomic E-state index is 12.4. The smallest absolute Gasteiger partial charge is 0.274 e. The third-order valence-electron chi connectivity index (χ3n) is 2.95. The van der Waals surface area contributed by atoms with Gasteiger partial charge in [-0.3, -0.25) is 9.48 Å². The monoisotopic (exact) mass is 238 g/mol. The summed E-state index contributed by atoms with van der Waals surface area (Å²) in [5.41, 5.74) is 6.66. The first-order valence-corrected chi connectivity index (χ1v) is 5.72. The first-order chi connectivity index (χ1) is 8.15. The van der Waals surface area contributed by atoms with Gasteiger partial charge >= 0.3 is 0 Å². The van der Waals surface area contributed by atoms with Gasteiger partial charge in [0.25, 0.3) is 5.91 Å². The summed E-state index contributed by atoms with van der Waals surface area (Å²) >= 11 is 0. The summed E-state index contributed by atoms with van der Waals surface area (Å²) < 4.78 is 6.56. The van der Waals surface area contributed by atoms with Crippen LogP contribution in [0.15, 0.2) is 6.20 Å². The molecule has 6 heteroatoms. The number of carbonyl (C=O) groups is 1. The summed E-state index contributed by atoms with van der Waals surface area (Å²) in [7, 11) is 3.36. The Hall–Kier alpha value is -1.56. The molecular formula is C11H18N4O2. The maximum Gasteiger partial charge on any atom is 0.274 e. The van der Waals surface area contributed by atoms with E-state index in [1.54, 1.807) is 14.2 Å². The molecule has 1 saturated carbocycles. The summed E-state index contributed by atoms with van der Waals surface area (Å²) in [4.78, 5) is 14.2. The van der Waals surface area contributed by atoms with E-state index in [0.29, 0.717) is 30.6 Å². The molecule has 0 aliphatic heterocycles. The third-order valence-corrected chi connectivity index (χ3v) is 2.95. The number of anilines is 1. The Morgan fingerprint density at radius 2 is 2.41 bits per heavy atom. The number of aromatic nitrogens is 2. The highest BCUT2D eigenvalue weighted by Crippen LogP contribution is 2.28. The van der Waals surface area contributed by atoms with Crippen molar-refractivity contribution in [3.05, 3.63) is 11.9 Å². The van der Waals surface area contributed by atoms with E-state index in [1.807, 2.05) is 4.90 Å². The van der Waals surface area contributed by atoms with Crippen LogP contribution in [0.1, 0.15) is 23.3 Å². The second-order valence-corrected chi connectivity index (χ2v) is 4.29. The van der Waals surface area contributed by atoms with Gasteiger partial charge in [-0.15, -0.1) is 0 Å². The van der Waals surface area contributed by atoms with E-state index >= 15 is 0 Å². The van der Waals surface area contributed by atoms with E-state index in [9.17, 15) is 4.79 Å². The Kier molecular flexibility index (Phi) is 3.33. The fourth-order valence-electron chi connectivity index (χ4n) is 1.88. The fourth-order valence-corrected chi connectivity index (χ4v) is 1.88. The zero-order chi connectivity index (χ0) is 12.4. The first-order valence-electron chi connectivity index (χ1n) is 5.72. The van der Waals surface area contributed by atoms with Gasteiger partial charge in [0.15, 0.2) is 0 Å². The molecule has 1 aromatic rings. The second-order valence-electron chi connectivity index (χ2n) is 4.29. The van der Waals surface area contributed by atoms with Crippen LogP contribution >= 0.6 is 0 Å². The largest absolute Gasteiger partial charge is 0.396 e. The minimum Gasteiger partial charge on any atom is -0.396 e. The predicted octanol–water partition coefficient (Wildman–Crippen LogP) is 0.253. The maximum atomic E-state index is 12.4. The molecule has 0 radical (unpaired) electrons. The van der Waals surface area contributed by atoms with Crippen molar-refractivity contribution in [1.82, 2.24) is 14.7 Å². The summed E-state index contributed by atoms with van der Waals surface area (Å²) in [5.74, 6) is -0.0537. The van der Waals surface area contributed by atoms with Crippen LogP contribution in [-0.4, -0.2) is 46.9 Å². The van der Waals surface area contributed by atoms with Crippen LogP contribution in [-0.2, 0) is 11.8 Å². The van der Waals surface area contributed by atoms with Crippen LogP contribution in [0.2, 0.25) is 0 Å². The Balaban J connectivity index is 2.16. The molecule has 0 aromatic carbocycles. The molecule has 17 heavy (non-hydrogen) atoms. The topological polar surface area (TPSA) is 73.4 Å². The third kappa shape index (κ3) is 2.41. The lowest BCUT2D eigenvalue weighted by molar-refractivity contribution is 0.0670. The molecule has 0 unspecified atom stereocenters. The molecule has 1 heterocycles. The van der Waals surface area contributed by atoms with Gasteiger partial charge < -0.3 is 15.4 Å². The van der Waals surface area contributed by atoms with Gasteiger partial charge in [0.1, 0.15) is 5.69 Å². The second kappa shape index (κ2) is 4.75. The number of amides is 1. The normalized spacial score (nSPS) is 14.9. The van der Waals surface area contributed by atoms with Gasteiger partial charge in [0.05, 0.1) is 18.5 Å². The van der Waals surface area contributed by atoms with E-state index in [2.05, 4.69) is 5.10 Å². The van der Waals surface area contributed by atoms with Crippen molar-refractivity contribution < 1.29 is 9.53 Å². The van der Waals surface area contributed by atoms with E-state index in [4.69, 9.17) is 10.5 Å². The molecule has 94 valence electrons. The SMILES string of the molecule is COCCN(C(=O)c1c(N)cnn1C)C1CC1. The van der Waals surface area contributed by atoms with Crippen LogP contribution in [0.25, 0.3) is 0 Å². The minimum absolute atomic E-state index is 0.0537. The number of nitrogen functional groups attached to an aromatic ring is 1. The number of carbonyl (C=O) groups excluding carboxylic acids is 1. The van der Waals surface area contributed by atoms with Gasteiger partial charge in [0.2, 0.25) is 0 Å². The van der Waals surface area contributed by atoms with Gasteiger partial charge in [-0.25, -0.2) is 0 Å². The number of hydrogen-bond acceptors (Lipinski definition) is 4. The van der Waals surface area contributed by atoms with Crippen LogP contribution < -0.4 is 5.73 Å². The molecule has 0 atom stereocenters. The highest BCUT2D eigenvalue weighted by atomic mass is 16.5. The number of rotatable bonds is 5. The van der Waals surface area contributed by atoms with Crippen molar-refractivity contribution in [2.24, 2.45) is 7.05 Å². The lowest BCUT2D eigenvalue weighted by atomic mass is 10.3. The Labute approximate surface area is 100 Å². The molecular weight excluding hydrogens is 220 g/mol.